The van der Waals surface area contributed by atoms with Crippen molar-refractivity contribution in [3.63, 3.8) is 0 Å². The molecule has 19 heavy (non-hydrogen) atoms. The first-order chi connectivity index (χ1) is 9.15. The molecule has 0 bridgehead atoms. The molecule has 2 aromatic rings. The van der Waals surface area contributed by atoms with Crippen molar-refractivity contribution in [1.82, 2.24) is 0 Å². The molecule has 0 saturated carbocycles. The van der Waals surface area contributed by atoms with Crippen LogP contribution in [-0.2, 0) is 12.8 Å². The van der Waals surface area contributed by atoms with Crippen molar-refractivity contribution < 1.29 is 0 Å². The first kappa shape index (κ1) is 14.1. The molecule has 0 saturated heterocycles. The smallest absolute Gasteiger partial charge is 0.102 e. The second-order valence-electron chi connectivity index (χ2n) is 5.13. The summed E-state index contributed by atoms with van der Waals surface area (Å²) < 4.78 is 1.20. The minimum Gasteiger partial charge on any atom is -0.143 e. The SMILES string of the molecule is Cc1cc(C(Cl)c2cc3c(s2)CCCCC3)sc1Br. The van der Waals surface area contributed by atoms with Crippen molar-refractivity contribution in [2.75, 3.05) is 0 Å². The van der Waals surface area contributed by atoms with Crippen LogP contribution in [0, 0.1) is 6.92 Å². The fourth-order valence-electron chi connectivity index (χ4n) is 2.56. The molecule has 0 radical (unpaired) electrons. The summed E-state index contributed by atoms with van der Waals surface area (Å²) in [6, 6.07) is 4.56. The van der Waals surface area contributed by atoms with Crippen LogP contribution in [0.4, 0.5) is 0 Å². The molecule has 0 nitrogen and oxygen atoms in total. The topological polar surface area (TPSA) is 0 Å². The molecule has 4 heteroatoms. The highest BCUT2D eigenvalue weighted by Gasteiger charge is 2.20. The van der Waals surface area contributed by atoms with Crippen LogP contribution in [0.15, 0.2) is 15.9 Å². The Hall–Kier alpha value is 0.170. The van der Waals surface area contributed by atoms with Crippen molar-refractivity contribution >= 4 is 50.2 Å². The summed E-state index contributed by atoms with van der Waals surface area (Å²) >= 11 is 13.9. The van der Waals surface area contributed by atoms with Crippen molar-refractivity contribution in [3.8, 4) is 0 Å². The summed E-state index contributed by atoms with van der Waals surface area (Å²) in [6.07, 6.45) is 6.53. The Morgan fingerprint density at radius 2 is 1.84 bits per heavy atom. The number of aryl methyl sites for hydroxylation is 3. The molecule has 3 rings (SSSR count). The number of halogens is 2. The standard InChI is InChI=1S/C15H16BrClS2/c1-9-7-12(19-15(9)16)14(17)13-8-10-5-3-2-4-6-11(10)18-13/h7-8,14H,2-6H2,1H3. The van der Waals surface area contributed by atoms with E-state index in [0.29, 0.717) is 0 Å². The zero-order valence-corrected chi connectivity index (χ0v) is 14.8. The lowest BCUT2D eigenvalue weighted by Gasteiger charge is -2.03. The van der Waals surface area contributed by atoms with Crippen molar-refractivity contribution in [1.29, 1.82) is 0 Å². The maximum Gasteiger partial charge on any atom is 0.102 e. The van der Waals surface area contributed by atoms with Crippen LogP contribution in [0.5, 0.6) is 0 Å². The van der Waals surface area contributed by atoms with Gasteiger partial charge in [-0.15, -0.1) is 34.3 Å². The lowest BCUT2D eigenvalue weighted by Crippen LogP contribution is -1.86. The van der Waals surface area contributed by atoms with Crippen LogP contribution in [0.3, 0.4) is 0 Å². The Morgan fingerprint density at radius 1 is 1.11 bits per heavy atom. The second kappa shape index (κ2) is 5.88. The van der Waals surface area contributed by atoms with E-state index < -0.39 is 0 Å². The quantitative estimate of drug-likeness (QED) is 0.416. The summed E-state index contributed by atoms with van der Waals surface area (Å²) in [5, 5.41) is 0.0203. The van der Waals surface area contributed by atoms with E-state index in [1.165, 1.54) is 51.2 Å². The minimum atomic E-state index is 0.0203. The van der Waals surface area contributed by atoms with Gasteiger partial charge >= 0.3 is 0 Å². The van der Waals surface area contributed by atoms with Crippen LogP contribution in [0.2, 0.25) is 0 Å². The highest BCUT2D eigenvalue weighted by atomic mass is 79.9. The third-order valence-electron chi connectivity index (χ3n) is 3.64. The molecule has 1 aliphatic rings. The normalized spacial score (nSPS) is 17.0. The molecule has 0 aromatic carbocycles. The van der Waals surface area contributed by atoms with Gasteiger partial charge in [-0.1, -0.05) is 6.42 Å². The second-order valence-corrected chi connectivity index (χ2v) is 9.13. The maximum atomic E-state index is 6.68. The Kier molecular flexibility index (Phi) is 4.37. The third kappa shape index (κ3) is 2.94. The maximum absolute atomic E-state index is 6.68. The molecular weight excluding hydrogens is 360 g/mol. The van der Waals surface area contributed by atoms with E-state index in [9.17, 15) is 0 Å². The fourth-order valence-corrected chi connectivity index (χ4v) is 5.85. The molecular formula is C15H16BrClS2. The molecule has 0 spiro atoms. The van der Waals surface area contributed by atoms with Crippen molar-refractivity contribution in [3.05, 3.63) is 41.7 Å². The van der Waals surface area contributed by atoms with Gasteiger partial charge in [0.2, 0.25) is 0 Å². The summed E-state index contributed by atoms with van der Waals surface area (Å²) in [6.45, 7) is 2.12. The molecule has 102 valence electrons. The number of hydrogen-bond acceptors (Lipinski definition) is 2. The highest BCUT2D eigenvalue weighted by molar-refractivity contribution is 9.11. The number of rotatable bonds is 2. The number of alkyl halides is 1. The van der Waals surface area contributed by atoms with E-state index in [0.717, 1.165) is 0 Å². The van der Waals surface area contributed by atoms with Gasteiger partial charge in [-0.3, -0.25) is 0 Å². The van der Waals surface area contributed by atoms with Crippen LogP contribution in [0.25, 0.3) is 0 Å². The predicted molar refractivity (Wildman–Crippen MR) is 90.0 cm³/mol. The Balaban J connectivity index is 1.89. The number of thiophene rings is 2. The van der Waals surface area contributed by atoms with E-state index in [2.05, 4.69) is 35.0 Å². The average Bonchev–Trinajstić information content (AvgIpc) is 2.87. The van der Waals surface area contributed by atoms with Gasteiger partial charge in [0.1, 0.15) is 5.38 Å². The van der Waals surface area contributed by atoms with Gasteiger partial charge in [0.15, 0.2) is 0 Å². The minimum absolute atomic E-state index is 0.0203. The molecule has 2 heterocycles. The lowest BCUT2D eigenvalue weighted by molar-refractivity contribution is 0.712. The molecule has 0 aliphatic heterocycles. The summed E-state index contributed by atoms with van der Waals surface area (Å²) in [7, 11) is 0. The van der Waals surface area contributed by atoms with Gasteiger partial charge in [-0.05, 0) is 71.8 Å². The van der Waals surface area contributed by atoms with Crippen molar-refractivity contribution in [2.24, 2.45) is 0 Å². The monoisotopic (exact) mass is 374 g/mol. The van der Waals surface area contributed by atoms with Crippen LogP contribution >= 0.6 is 50.2 Å². The Morgan fingerprint density at radius 3 is 2.58 bits per heavy atom. The van der Waals surface area contributed by atoms with Crippen molar-refractivity contribution in [2.45, 2.75) is 44.4 Å². The Labute approximate surface area is 135 Å². The number of fused-ring (bicyclic) bond motifs is 1. The van der Waals surface area contributed by atoms with Crippen LogP contribution < -0.4 is 0 Å². The fraction of sp³-hybridized carbons (Fsp3) is 0.467. The molecule has 1 aliphatic carbocycles. The van der Waals surface area contributed by atoms with Gasteiger partial charge in [0, 0.05) is 14.6 Å². The average molecular weight is 376 g/mol. The molecule has 1 unspecified atom stereocenters. The third-order valence-corrected chi connectivity index (χ3v) is 7.87. The molecule has 0 amide bonds. The summed E-state index contributed by atoms with van der Waals surface area (Å²) in [4.78, 5) is 4.15. The van der Waals surface area contributed by atoms with E-state index in [4.69, 9.17) is 11.6 Å². The van der Waals surface area contributed by atoms with E-state index in [1.807, 2.05) is 11.3 Å². The number of hydrogen-bond donors (Lipinski definition) is 0. The van der Waals surface area contributed by atoms with E-state index in [1.54, 1.807) is 21.8 Å². The first-order valence-electron chi connectivity index (χ1n) is 6.66. The van der Waals surface area contributed by atoms with Gasteiger partial charge in [-0.25, -0.2) is 0 Å². The zero-order chi connectivity index (χ0) is 13.4. The van der Waals surface area contributed by atoms with Gasteiger partial charge in [0.25, 0.3) is 0 Å². The van der Waals surface area contributed by atoms with E-state index >= 15 is 0 Å². The zero-order valence-electron chi connectivity index (χ0n) is 10.8. The summed E-state index contributed by atoms with van der Waals surface area (Å²) in [5.74, 6) is 0. The predicted octanol–water partition coefficient (Wildman–Crippen LogP) is 6.48. The Bertz CT molecular complexity index is 542. The van der Waals surface area contributed by atoms with Gasteiger partial charge in [-0.2, -0.15) is 0 Å². The summed E-state index contributed by atoms with van der Waals surface area (Å²) in [5.41, 5.74) is 2.83. The lowest BCUT2D eigenvalue weighted by atomic mass is 10.1. The molecule has 2 aromatic heterocycles. The molecule has 1 atom stereocenters. The van der Waals surface area contributed by atoms with Crippen LogP contribution in [-0.4, -0.2) is 0 Å². The van der Waals surface area contributed by atoms with Crippen LogP contribution in [0.1, 0.15) is 50.4 Å². The largest absolute Gasteiger partial charge is 0.143 e. The van der Waals surface area contributed by atoms with Gasteiger partial charge < -0.3 is 0 Å². The first-order valence-corrected chi connectivity index (χ1v) is 9.53. The highest BCUT2D eigenvalue weighted by Crippen LogP contribution is 2.42. The molecule has 0 N–H and O–H groups in total. The van der Waals surface area contributed by atoms with E-state index in [-0.39, 0.29) is 5.38 Å². The molecule has 0 fully saturated rings. The van der Waals surface area contributed by atoms with Gasteiger partial charge in [0.05, 0.1) is 3.79 Å².